The number of carbonyl (C=O) groups excluding carboxylic acids is 1. The van der Waals surface area contributed by atoms with Crippen LogP contribution in [0.5, 0.6) is 11.5 Å². The molecule has 11 heteroatoms. The molecule has 0 heterocycles. The third kappa shape index (κ3) is 7.45. The normalized spacial score (nSPS) is 11.3. The van der Waals surface area contributed by atoms with Crippen molar-refractivity contribution in [2.24, 2.45) is 0 Å². The molecular formula is C18H13AsF6O4. The summed E-state index contributed by atoms with van der Waals surface area (Å²) in [7, 11) is 0. The summed E-state index contributed by atoms with van der Waals surface area (Å²) in [6.45, 7) is 1.81. The number of carboxylic acids is 1. The maximum atomic E-state index is 12.8. The van der Waals surface area contributed by atoms with Gasteiger partial charge >= 0.3 is 145 Å². The summed E-state index contributed by atoms with van der Waals surface area (Å²) in [6.07, 6.45) is -8.49. The fourth-order valence-corrected chi connectivity index (χ4v) is 2.36. The number of carbonyl (C=O) groups is 2. The fraction of sp³-hybridized carbons (Fsp3) is 0.222. The summed E-state index contributed by atoms with van der Waals surface area (Å²) in [5.74, 6) is -2.24. The molecule has 0 saturated carbocycles. The molecule has 0 aliphatic carbocycles. The van der Waals surface area contributed by atoms with Crippen LogP contribution >= 0.6 is 0 Å². The van der Waals surface area contributed by atoms with E-state index in [2.05, 4.69) is 0 Å². The first kappa shape index (κ1) is 24.6. The Labute approximate surface area is 170 Å². The van der Waals surface area contributed by atoms with Crippen LogP contribution in [0, 0.1) is 0 Å². The second-order valence-electron chi connectivity index (χ2n) is 5.40. The standard InChI is InChI=1S/C15H7AsF6O3.C3H6O/c16-12-2-1-9(6-11(12)13(23)24)25-10-4-7(14(17,18)19)3-8(5-10)15(20,21)22;1-2-3-4/h1-6H,(H,23,24);3H,2H2,1H3. The van der Waals surface area contributed by atoms with Gasteiger partial charge in [0.15, 0.2) is 0 Å². The molecule has 1 N–H and O–H groups in total. The Hall–Kier alpha value is -2.48. The molecule has 0 fully saturated rings. The van der Waals surface area contributed by atoms with E-state index in [9.17, 15) is 35.9 Å². The van der Waals surface area contributed by atoms with E-state index >= 15 is 0 Å². The van der Waals surface area contributed by atoms with E-state index in [1.807, 2.05) is 23.8 Å². The molecule has 0 saturated heterocycles. The number of hydrogen-bond donors (Lipinski definition) is 1. The number of halogens is 6. The predicted octanol–water partition coefficient (Wildman–Crippen LogP) is 4.60. The van der Waals surface area contributed by atoms with Gasteiger partial charge in [0.1, 0.15) is 6.29 Å². The Morgan fingerprint density at radius 1 is 1.00 bits per heavy atom. The van der Waals surface area contributed by atoms with Crippen LogP contribution in [0.4, 0.5) is 26.3 Å². The molecule has 4 nitrogen and oxygen atoms in total. The summed E-state index contributed by atoms with van der Waals surface area (Å²) in [5, 5.41) is 8.99. The third-order valence-corrected chi connectivity index (χ3v) is 3.98. The van der Waals surface area contributed by atoms with Crippen LogP contribution in [-0.2, 0) is 17.1 Å². The molecule has 0 unspecified atom stereocenters. The van der Waals surface area contributed by atoms with E-state index in [0.29, 0.717) is 22.9 Å². The Morgan fingerprint density at radius 2 is 1.48 bits per heavy atom. The van der Waals surface area contributed by atoms with Gasteiger partial charge in [0.2, 0.25) is 0 Å². The van der Waals surface area contributed by atoms with Crippen LogP contribution in [0.25, 0.3) is 0 Å². The topological polar surface area (TPSA) is 63.6 Å². The number of aldehydes is 1. The summed E-state index contributed by atoms with van der Waals surface area (Å²) in [6, 6.07) is 4.33. The number of alkyl halides is 6. The van der Waals surface area contributed by atoms with Gasteiger partial charge in [-0.3, -0.25) is 0 Å². The van der Waals surface area contributed by atoms with Crippen LogP contribution in [0.15, 0.2) is 36.4 Å². The number of carboxylic acid groups (broad SMARTS) is 1. The van der Waals surface area contributed by atoms with E-state index < -0.39 is 35.2 Å². The Balaban J connectivity index is 0.000000960. The van der Waals surface area contributed by atoms with Crippen molar-refractivity contribution in [3.05, 3.63) is 53.1 Å². The first-order valence-electron chi connectivity index (χ1n) is 7.76. The quantitative estimate of drug-likeness (QED) is 0.393. The summed E-state index contributed by atoms with van der Waals surface area (Å²) in [4.78, 5) is 20.2. The monoisotopic (exact) mass is 482 g/mol. The van der Waals surface area contributed by atoms with Crippen LogP contribution in [-0.4, -0.2) is 34.2 Å². The van der Waals surface area contributed by atoms with Crippen LogP contribution in [0.3, 0.4) is 0 Å². The molecular weight excluding hydrogens is 469 g/mol. The Bertz CT molecular complexity index is 845. The van der Waals surface area contributed by atoms with Gasteiger partial charge in [0.05, 0.1) is 0 Å². The van der Waals surface area contributed by atoms with Crippen molar-refractivity contribution < 1.29 is 45.8 Å². The maximum absolute atomic E-state index is 12.8. The van der Waals surface area contributed by atoms with Crippen molar-refractivity contribution in [2.45, 2.75) is 25.7 Å². The second-order valence-corrected chi connectivity index (χ2v) is 6.41. The molecule has 0 atom stereocenters. The van der Waals surface area contributed by atoms with Gasteiger partial charge < -0.3 is 4.79 Å². The SMILES string of the molecule is CCC=O.O=C(O)c1cc(Oc2cc(C(F)(F)F)cc(C(F)(F)F)c2)ccc1[As]. The van der Waals surface area contributed by atoms with E-state index in [1.54, 1.807) is 0 Å². The van der Waals surface area contributed by atoms with Crippen molar-refractivity contribution in [1.82, 2.24) is 0 Å². The van der Waals surface area contributed by atoms with Gasteiger partial charge in [-0.25, -0.2) is 0 Å². The Morgan fingerprint density at radius 3 is 1.86 bits per heavy atom. The number of rotatable bonds is 4. The number of ether oxygens (including phenoxy) is 1. The average molecular weight is 482 g/mol. The van der Waals surface area contributed by atoms with Gasteiger partial charge in [-0.1, -0.05) is 6.92 Å². The molecule has 2 aromatic rings. The number of aromatic carboxylic acids is 1. The molecule has 0 spiro atoms. The molecule has 0 bridgehead atoms. The minimum atomic E-state index is -5.00. The average Bonchev–Trinajstić information content (AvgIpc) is 2.61. The molecule has 0 aliphatic heterocycles. The fourth-order valence-electron chi connectivity index (χ4n) is 1.87. The molecule has 0 aromatic heterocycles. The first-order valence-corrected chi connectivity index (χ1v) is 8.70. The van der Waals surface area contributed by atoms with Gasteiger partial charge in [-0.15, -0.1) is 0 Å². The molecule has 2 aromatic carbocycles. The predicted molar refractivity (Wildman–Crippen MR) is 91.7 cm³/mol. The Kier molecular flexibility index (Phi) is 8.32. The summed E-state index contributed by atoms with van der Waals surface area (Å²) in [5.41, 5.74) is -3.26. The minimum absolute atomic E-state index is 0.0256. The van der Waals surface area contributed by atoms with Crippen molar-refractivity contribution in [2.75, 3.05) is 0 Å². The van der Waals surface area contributed by atoms with E-state index in [-0.39, 0.29) is 17.4 Å². The van der Waals surface area contributed by atoms with E-state index in [4.69, 9.17) is 9.84 Å². The van der Waals surface area contributed by atoms with Gasteiger partial charge in [-0.2, -0.15) is 0 Å². The van der Waals surface area contributed by atoms with Crippen molar-refractivity contribution >= 4 is 33.5 Å². The first-order chi connectivity index (χ1) is 13.3. The van der Waals surface area contributed by atoms with E-state index in [1.165, 1.54) is 12.1 Å². The van der Waals surface area contributed by atoms with Crippen molar-refractivity contribution in [3.8, 4) is 11.5 Å². The zero-order valence-electron chi connectivity index (χ0n) is 14.6. The molecule has 2 rings (SSSR count). The molecule has 156 valence electrons. The molecule has 29 heavy (non-hydrogen) atoms. The van der Waals surface area contributed by atoms with Gasteiger partial charge in [-0.05, 0) is 0 Å². The molecule has 2 radical (unpaired) electrons. The number of hydrogen-bond acceptors (Lipinski definition) is 3. The third-order valence-electron chi connectivity index (χ3n) is 3.16. The van der Waals surface area contributed by atoms with Crippen LogP contribution < -0.4 is 9.09 Å². The molecule has 0 aliphatic rings. The van der Waals surface area contributed by atoms with Crippen molar-refractivity contribution in [1.29, 1.82) is 0 Å². The number of benzene rings is 2. The zero-order valence-corrected chi connectivity index (χ0v) is 16.5. The van der Waals surface area contributed by atoms with Gasteiger partial charge in [0, 0.05) is 6.42 Å². The zero-order chi connectivity index (χ0) is 22.4. The van der Waals surface area contributed by atoms with Crippen LogP contribution in [0.2, 0.25) is 0 Å². The van der Waals surface area contributed by atoms with Gasteiger partial charge in [0.25, 0.3) is 0 Å². The van der Waals surface area contributed by atoms with Crippen LogP contribution in [0.1, 0.15) is 34.8 Å². The summed E-state index contributed by atoms with van der Waals surface area (Å²) < 4.78 is 82.1. The molecule has 0 amide bonds. The van der Waals surface area contributed by atoms with Crippen molar-refractivity contribution in [3.63, 3.8) is 0 Å². The second kappa shape index (κ2) is 9.82. The van der Waals surface area contributed by atoms with E-state index in [0.717, 1.165) is 12.4 Å². The summed E-state index contributed by atoms with van der Waals surface area (Å²) >= 11 is 1.98.